The topological polar surface area (TPSA) is 110 Å². The molecule has 0 saturated heterocycles. The van der Waals surface area contributed by atoms with E-state index in [1.807, 2.05) is 30.3 Å². The fourth-order valence-electron chi connectivity index (χ4n) is 6.07. The Morgan fingerprint density at radius 1 is 0.771 bits per heavy atom. The van der Waals surface area contributed by atoms with Gasteiger partial charge >= 0.3 is 6.03 Å². The highest BCUT2D eigenvalue weighted by Crippen LogP contribution is 2.36. The van der Waals surface area contributed by atoms with Crippen molar-refractivity contribution in [3.8, 4) is 11.5 Å². The van der Waals surface area contributed by atoms with Crippen LogP contribution in [0.25, 0.3) is 21.8 Å². The lowest BCUT2D eigenvalue weighted by Gasteiger charge is -2.20. The average molecular weight is 650 g/mol. The van der Waals surface area contributed by atoms with Gasteiger partial charge in [0.1, 0.15) is 17.0 Å². The Morgan fingerprint density at radius 2 is 1.44 bits per heavy atom. The first-order chi connectivity index (χ1) is 23.5. The van der Waals surface area contributed by atoms with Crippen molar-refractivity contribution in [3.63, 3.8) is 0 Å². The van der Waals surface area contributed by atoms with Gasteiger partial charge in [-0.05, 0) is 42.8 Å². The minimum atomic E-state index is -0.459. The number of phenolic OH excluding ortho intramolecular Hbond substituents is 1. The molecule has 2 N–H and O–H groups in total. The molecular formula is C39H47N5O4. The largest absolute Gasteiger partial charge is 0.506 e. The van der Waals surface area contributed by atoms with E-state index in [1.165, 1.54) is 73.8 Å². The summed E-state index contributed by atoms with van der Waals surface area (Å²) in [5.74, 6) is -0.0363. The second kappa shape index (κ2) is 17.3. The van der Waals surface area contributed by atoms with Crippen LogP contribution in [0.3, 0.4) is 0 Å². The molecule has 48 heavy (non-hydrogen) atoms. The molecule has 0 aliphatic heterocycles. The molecule has 1 heterocycles. The van der Waals surface area contributed by atoms with E-state index in [-0.39, 0.29) is 11.3 Å². The Kier molecular flexibility index (Phi) is 12.4. The van der Waals surface area contributed by atoms with Crippen LogP contribution in [0.1, 0.15) is 94.3 Å². The third-order valence-electron chi connectivity index (χ3n) is 8.83. The molecule has 2 amide bonds. The number of fused-ring (bicyclic) bond motifs is 2. The van der Waals surface area contributed by atoms with Gasteiger partial charge in [0.15, 0.2) is 0 Å². The first kappa shape index (κ1) is 34.4. The van der Waals surface area contributed by atoms with Crippen molar-refractivity contribution in [2.75, 3.05) is 23.9 Å². The van der Waals surface area contributed by atoms with Gasteiger partial charge in [-0.1, -0.05) is 125 Å². The molecule has 9 heteroatoms. The van der Waals surface area contributed by atoms with Crippen LogP contribution in [0.15, 0.2) is 78.9 Å². The molecular weight excluding hydrogens is 602 g/mol. The first-order valence-electron chi connectivity index (χ1n) is 17.4. The summed E-state index contributed by atoms with van der Waals surface area (Å²) in [7, 11) is 1.64. The molecule has 0 fully saturated rings. The normalized spacial score (nSPS) is 11.2. The number of rotatable bonds is 17. The highest BCUT2D eigenvalue weighted by atomic mass is 16.5. The zero-order valence-electron chi connectivity index (χ0n) is 28.2. The number of hydrogen-bond acceptors (Lipinski definition) is 6. The summed E-state index contributed by atoms with van der Waals surface area (Å²) in [5, 5.41) is 23.3. The van der Waals surface area contributed by atoms with Crippen molar-refractivity contribution in [2.24, 2.45) is 0 Å². The summed E-state index contributed by atoms with van der Waals surface area (Å²) in [6.07, 6.45) is 15.3. The Labute approximate surface area is 282 Å². The Morgan fingerprint density at radius 3 is 2.19 bits per heavy atom. The number of nitrogens with one attached hydrogen (secondary N) is 1. The molecule has 0 spiro atoms. The number of aromatic hydroxyl groups is 1. The third kappa shape index (κ3) is 8.51. The number of aromatic nitrogens is 3. The monoisotopic (exact) mass is 649 g/mol. The van der Waals surface area contributed by atoms with Crippen LogP contribution >= 0.6 is 0 Å². The fraction of sp³-hybridized carbons (Fsp3) is 0.385. The lowest BCUT2D eigenvalue weighted by atomic mass is 10.0. The van der Waals surface area contributed by atoms with Crippen molar-refractivity contribution in [1.29, 1.82) is 0 Å². The van der Waals surface area contributed by atoms with Crippen LogP contribution in [0.4, 0.5) is 16.2 Å². The molecule has 0 aliphatic carbocycles. The molecule has 5 aromatic rings. The Hall–Kier alpha value is -4.92. The highest BCUT2D eigenvalue weighted by molar-refractivity contribution is 6.13. The zero-order chi connectivity index (χ0) is 33.7. The number of benzene rings is 4. The van der Waals surface area contributed by atoms with Crippen LogP contribution in [0, 0.1) is 0 Å². The molecule has 0 radical (unpaired) electrons. The molecule has 9 nitrogen and oxygen atoms in total. The molecule has 4 aromatic carbocycles. The molecule has 0 atom stereocenters. The van der Waals surface area contributed by atoms with Crippen molar-refractivity contribution >= 4 is 45.1 Å². The van der Waals surface area contributed by atoms with Gasteiger partial charge in [-0.25, -0.2) is 4.79 Å². The fourth-order valence-corrected chi connectivity index (χ4v) is 6.07. The molecule has 5 rings (SSSR count). The molecule has 0 bridgehead atoms. The first-order valence-corrected chi connectivity index (χ1v) is 17.4. The second-order valence-corrected chi connectivity index (χ2v) is 12.4. The molecule has 0 saturated carbocycles. The van der Waals surface area contributed by atoms with E-state index in [0.29, 0.717) is 45.5 Å². The number of nitrogens with zero attached hydrogens (tertiary/aromatic N) is 4. The van der Waals surface area contributed by atoms with E-state index in [2.05, 4.69) is 22.6 Å². The lowest BCUT2D eigenvalue weighted by Crippen LogP contribution is -2.31. The van der Waals surface area contributed by atoms with Gasteiger partial charge < -0.3 is 15.2 Å². The third-order valence-corrected chi connectivity index (χ3v) is 8.83. The van der Waals surface area contributed by atoms with Crippen molar-refractivity contribution < 1.29 is 19.4 Å². The molecule has 1 aromatic heterocycles. The van der Waals surface area contributed by atoms with E-state index < -0.39 is 11.9 Å². The Balaban J connectivity index is 1.16. The summed E-state index contributed by atoms with van der Waals surface area (Å²) in [4.78, 5) is 28.3. The van der Waals surface area contributed by atoms with Crippen molar-refractivity contribution in [2.45, 2.75) is 84.0 Å². The number of ether oxygens (including phenoxy) is 1. The van der Waals surface area contributed by atoms with Gasteiger partial charge in [0, 0.05) is 17.8 Å². The van der Waals surface area contributed by atoms with E-state index in [9.17, 15) is 14.7 Å². The van der Waals surface area contributed by atoms with E-state index in [1.54, 1.807) is 55.6 Å². The molecule has 0 unspecified atom stereocenters. The maximum atomic E-state index is 13.4. The number of phenols is 1. The standard InChI is InChI=1S/C39H47N5O4/c1-3-4-5-6-7-8-9-10-11-12-13-18-28-48-36-25-17-15-22-33(36)40-38(46)31-27-26-29-30(37(31)45)20-19-24-34(29)43(2)39(47)44-35-23-16-14-21-32(35)41-42-44/h14-17,19-27,45H,3-13,18,28H2,1-2H3,(H,40,46). The number of para-hydroxylation sites is 3. The zero-order valence-corrected chi connectivity index (χ0v) is 28.2. The van der Waals surface area contributed by atoms with Crippen LogP contribution in [0.5, 0.6) is 11.5 Å². The summed E-state index contributed by atoms with van der Waals surface area (Å²) in [5.41, 5.74) is 2.42. The van der Waals surface area contributed by atoms with Crippen LogP contribution in [-0.4, -0.2) is 45.7 Å². The average Bonchev–Trinajstić information content (AvgIpc) is 3.54. The number of hydrogen-bond donors (Lipinski definition) is 2. The number of carbonyl (C=O) groups is 2. The van der Waals surface area contributed by atoms with Gasteiger partial charge in [0.25, 0.3) is 5.91 Å². The van der Waals surface area contributed by atoms with E-state index in [4.69, 9.17) is 4.74 Å². The number of unbranched alkanes of at least 4 members (excludes halogenated alkanes) is 11. The van der Waals surface area contributed by atoms with Crippen molar-refractivity contribution in [3.05, 3.63) is 84.4 Å². The van der Waals surface area contributed by atoms with E-state index >= 15 is 0 Å². The minimum Gasteiger partial charge on any atom is -0.506 e. The lowest BCUT2D eigenvalue weighted by molar-refractivity contribution is 0.102. The summed E-state index contributed by atoms with van der Waals surface area (Å²) < 4.78 is 7.31. The molecule has 0 aliphatic rings. The maximum absolute atomic E-state index is 13.4. The predicted molar refractivity (Wildman–Crippen MR) is 193 cm³/mol. The van der Waals surface area contributed by atoms with Gasteiger partial charge in [0.2, 0.25) is 0 Å². The predicted octanol–water partition coefficient (Wildman–Crippen LogP) is 9.73. The second-order valence-electron chi connectivity index (χ2n) is 12.4. The summed E-state index contributed by atoms with van der Waals surface area (Å²) in [6, 6.07) is 22.7. The van der Waals surface area contributed by atoms with Gasteiger partial charge in [-0.15, -0.1) is 5.10 Å². The number of carbonyl (C=O) groups excluding carboxylic acids is 2. The summed E-state index contributed by atoms with van der Waals surface area (Å²) in [6.45, 7) is 2.83. The minimum absolute atomic E-state index is 0.117. The maximum Gasteiger partial charge on any atom is 0.350 e. The SMILES string of the molecule is CCCCCCCCCCCCCCOc1ccccc1NC(=O)c1ccc2c(N(C)C(=O)n3nnc4ccccc43)cccc2c1O. The number of amides is 2. The van der Waals surface area contributed by atoms with Gasteiger partial charge in [-0.3, -0.25) is 9.69 Å². The van der Waals surface area contributed by atoms with Crippen LogP contribution in [-0.2, 0) is 0 Å². The molecule has 252 valence electrons. The quantitative estimate of drug-likeness (QED) is 0.0971. The Bertz CT molecular complexity index is 1820. The van der Waals surface area contributed by atoms with Gasteiger partial charge in [0.05, 0.1) is 29.1 Å². The van der Waals surface area contributed by atoms with Crippen molar-refractivity contribution in [1.82, 2.24) is 15.0 Å². The van der Waals surface area contributed by atoms with Crippen LogP contribution in [0.2, 0.25) is 0 Å². The van der Waals surface area contributed by atoms with E-state index in [0.717, 1.165) is 12.8 Å². The number of anilines is 2. The summed E-state index contributed by atoms with van der Waals surface area (Å²) >= 11 is 0. The smallest absolute Gasteiger partial charge is 0.350 e. The van der Waals surface area contributed by atoms with Gasteiger partial charge in [-0.2, -0.15) is 4.68 Å². The highest BCUT2D eigenvalue weighted by Gasteiger charge is 2.22. The van der Waals surface area contributed by atoms with Crippen LogP contribution < -0.4 is 15.0 Å².